The second kappa shape index (κ2) is 5.81. The van der Waals surface area contributed by atoms with E-state index in [1.165, 1.54) is 0 Å². The Morgan fingerprint density at radius 1 is 1.43 bits per heavy atom. The van der Waals surface area contributed by atoms with Gasteiger partial charge >= 0.3 is 0 Å². The standard InChI is InChI=1S/C15H24N4O2/c1-15(2,9-19(3)4)8-17-11-6-12-13(5-10(11)16)21-7-14(20)18-12/h5-6,17H,7-9,16H2,1-4H3,(H,18,20). The van der Waals surface area contributed by atoms with Crippen molar-refractivity contribution in [2.24, 2.45) is 5.41 Å². The third-order valence-electron chi connectivity index (χ3n) is 3.29. The van der Waals surface area contributed by atoms with Crippen LogP contribution in [0.15, 0.2) is 12.1 Å². The molecule has 0 fully saturated rings. The van der Waals surface area contributed by atoms with Crippen molar-refractivity contribution in [2.45, 2.75) is 13.8 Å². The van der Waals surface area contributed by atoms with E-state index in [-0.39, 0.29) is 17.9 Å². The van der Waals surface area contributed by atoms with E-state index in [2.05, 4.69) is 43.5 Å². The van der Waals surface area contributed by atoms with Gasteiger partial charge in [0.2, 0.25) is 0 Å². The minimum atomic E-state index is -0.147. The van der Waals surface area contributed by atoms with Gasteiger partial charge in [-0.1, -0.05) is 13.8 Å². The Bertz CT molecular complexity index is 541. The molecule has 0 bridgehead atoms. The quantitative estimate of drug-likeness (QED) is 0.718. The number of nitrogens with zero attached hydrogens (tertiary/aromatic N) is 1. The SMILES string of the molecule is CN(C)CC(C)(C)CNc1cc2c(cc1N)OCC(=O)N2. The van der Waals surface area contributed by atoms with Crippen LogP contribution in [0.2, 0.25) is 0 Å². The first-order chi connectivity index (χ1) is 9.77. The number of amides is 1. The summed E-state index contributed by atoms with van der Waals surface area (Å²) in [4.78, 5) is 13.5. The zero-order chi connectivity index (χ0) is 15.6. The van der Waals surface area contributed by atoms with E-state index >= 15 is 0 Å². The molecular formula is C15H24N4O2. The van der Waals surface area contributed by atoms with E-state index < -0.39 is 0 Å². The van der Waals surface area contributed by atoms with Crippen LogP contribution in [-0.2, 0) is 4.79 Å². The predicted molar refractivity (Wildman–Crippen MR) is 85.8 cm³/mol. The molecule has 2 rings (SSSR count). The van der Waals surface area contributed by atoms with Crippen LogP contribution in [0.5, 0.6) is 5.75 Å². The monoisotopic (exact) mass is 292 g/mol. The molecule has 1 aromatic carbocycles. The number of hydrogen-bond donors (Lipinski definition) is 3. The van der Waals surface area contributed by atoms with E-state index in [0.29, 0.717) is 17.1 Å². The molecule has 0 aliphatic carbocycles. The number of nitrogens with one attached hydrogen (secondary N) is 2. The average Bonchev–Trinajstić information content (AvgIpc) is 2.35. The molecule has 0 saturated carbocycles. The summed E-state index contributed by atoms with van der Waals surface area (Å²) in [5.41, 5.74) is 8.24. The Labute approximate surface area is 125 Å². The van der Waals surface area contributed by atoms with Crippen molar-refractivity contribution in [1.29, 1.82) is 0 Å². The van der Waals surface area contributed by atoms with Crippen molar-refractivity contribution >= 4 is 23.0 Å². The van der Waals surface area contributed by atoms with Gasteiger partial charge in [0.1, 0.15) is 5.75 Å². The second-order valence-corrected chi connectivity index (χ2v) is 6.53. The molecule has 1 aliphatic rings. The zero-order valence-corrected chi connectivity index (χ0v) is 13.1. The first kappa shape index (κ1) is 15.4. The molecule has 6 nitrogen and oxygen atoms in total. The van der Waals surface area contributed by atoms with E-state index in [9.17, 15) is 4.79 Å². The number of ether oxygens (including phenoxy) is 1. The summed E-state index contributed by atoms with van der Waals surface area (Å²) < 4.78 is 5.34. The molecule has 1 aliphatic heterocycles. The van der Waals surface area contributed by atoms with Gasteiger partial charge in [-0.25, -0.2) is 0 Å². The Morgan fingerprint density at radius 2 is 2.14 bits per heavy atom. The summed E-state index contributed by atoms with van der Waals surface area (Å²) in [6.07, 6.45) is 0. The van der Waals surface area contributed by atoms with Crippen LogP contribution in [-0.4, -0.2) is 44.6 Å². The van der Waals surface area contributed by atoms with Gasteiger partial charge in [0.15, 0.2) is 6.61 Å². The summed E-state index contributed by atoms with van der Waals surface area (Å²) in [6, 6.07) is 3.57. The first-order valence-electron chi connectivity index (χ1n) is 7.02. The fourth-order valence-corrected chi connectivity index (χ4v) is 2.54. The Balaban J connectivity index is 2.10. The third kappa shape index (κ3) is 4.01. The van der Waals surface area contributed by atoms with Crippen LogP contribution >= 0.6 is 0 Å². The number of carbonyl (C=O) groups excluding carboxylic acids is 1. The number of nitrogens with two attached hydrogens (primary N) is 1. The van der Waals surface area contributed by atoms with Crippen LogP contribution in [0.1, 0.15) is 13.8 Å². The fourth-order valence-electron chi connectivity index (χ4n) is 2.54. The van der Waals surface area contributed by atoms with Crippen molar-refractivity contribution in [1.82, 2.24) is 4.90 Å². The topological polar surface area (TPSA) is 79.6 Å². The molecule has 0 spiro atoms. The van der Waals surface area contributed by atoms with Gasteiger partial charge < -0.3 is 26.0 Å². The lowest BCUT2D eigenvalue weighted by Gasteiger charge is -2.29. The van der Waals surface area contributed by atoms with Crippen LogP contribution in [0.25, 0.3) is 0 Å². The minimum absolute atomic E-state index is 0.0368. The van der Waals surface area contributed by atoms with E-state index in [1.54, 1.807) is 6.07 Å². The largest absolute Gasteiger partial charge is 0.482 e. The molecule has 4 N–H and O–H groups in total. The smallest absolute Gasteiger partial charge is 0.262 e. The predicted octanol–water partition coefficient (Wildman–Crippen LogP) is 1.60. The fraction of sp³-hybridized carbons (Fsp3) is 0.533. The highest BCUT2D eigenvalue weighted by Crippen LogP contribution is 2.35. The van der Waals surface area contributed by atoms with Gasteiger partial charge in [-0.3, -0.25) is 4.79 Å². The first-order valence-corrected chi connectivity index (χ1v) is 7.02. The molecule has 0 radical (unpaired) electrons. The molecular weight excluding hydrogens is 268 g/mol. The second-order valence-electron chi connectivity index (χ2n) is 6.53. The highest BCUT2D eigenvalue weighted by Gasteiger charge is 2.21. The molecule has 0 atom stereocenters. The molecule has 1 aromatic rings. The summed E-state index contributed by atoms with van der Waals surface area (Å²) in [7, 11) is 4.11. The van der Waals surface area contributed by atoms with Crippen molar-refractivity contribution in [3.63, 3.8) is 0 Å². The summed E-state index contributed by atoms with van der Waals surface area (Å²) in [5.74, 6) is 0.469. The van der Waals surface area contributed by atoms with E-state index in [4.69, 9.17) is 10.5 Å². The van der Waals surface area contributed by atoms with Gasteiger partial charge in [0.25, 0.3) is 5.91 Å². The van der Waals surface area contributed by atoms with Gasteiger partial charge in [0.05, 0.1) is 17.1 Å². The average molecular weight is 292 g/mol. The normalized spacial score (nSPS) is 14.4. The maximum Gasteiger partial charge on any atom is 0.262 e. The maximum atomic E-state index is 11.4. The lowest BCUT2D eigenvalue weighted by molar-refractivity contribution is -0.118. The number of nitrogen functional groups attached to an aromatic ring is 1. The molecule has 21 heavy (non-hydrogen) atoms. The number of carbonyl (C=O) groups is 1. The van der Waals surface area contributed by atoms with Crippen molar-refractivity contribution < 1.29 is 9.53 Å². The van der Waals surface area contributed by atoms with Gasteiger partial charge in [-0.15, -0.1) is 0 Å². The van der Waals surface area contributed by atoms with Crippen molar-refractivity contribution in [2.75, 3.05) is 50.2 Å². The van der Waals surface area contributed by atoms with Crippen LogP contribution < -0.4 is 21.1 Å². The molecule has 6 heteroatoms. The van der Waals surface area contributed by atoms with Crippen LogP contribution in [0, 0.1) is 5.41 Å². The summed E-state index contributed by atoms with van der Waals surface area (Å²) in [5, 5.41) is 6.15. The third-order valence-corrected chi connectivity index (χ3v) is 3.29. The number of rotatable bonds is 5. The van der Waals surface area contributed by atoms with Crippen LogP contribution in [0.4, 0.5) is 17.1 Å². The zero-order valence-electron chi connectivity index (χ0n) is 13.1. The lowest BCUT2D eigenvalue weighted by atomic mass is 9.93. The lowest BCUT2D eigenvalue weighted by Crippen LogP contribution is -2.34. The Kier molecular flexibility index (Phi) is 4.27. The Morgan fingerprint density at radius 3 is 2.81 bits per heavy atom. The van der Waals surface area contributed by atoms with Gasteiger partial charge in [0, 0.05) is 19.2 Å². The van der Waals surface area contributed by atoms with E-state index in [0.717, 1.165) is 18.8 Å². The highest BCUT2D eigenvalue weighted by atomic mass is 16.5. The number of fused-ring (bicyclic) bond motifs is 1. The van der Waals surface area contributed by atoms with Crippen molar-refractivity contribution in [3.8, 4) is 5.75 Å². The van der Waals surface area contributed by atoms with Crippen LogP contribution in [0.3, 0.4) is 0 Å². The van der Waals surface area contributed by atoms with Gasteiger partial charge in [-0.05, 0) is 25.6 Å². The maximum absolute atomic E-state index is 11.4. The highest BCUT2D eigenvalue weighted by molar-refractivity contribution is 5.97. The number of hydrogen-bond acceptors (Lipinski definition) is 5. The number of anilines is 3. The molecule has 0 unspecified atom stereocenters. The van der Waals surface area contributed by atoms with Gasteiger partial charge in [-0.2, -0.15) is 0 Å². The number of benzene rings is 1. The summed E-state index contributed by atoms with van der Waals surface area (Å²) >= 11 is 0. The summed E-state index contributed by atoms with van der Waals surface area (Å²) in [6.45, 7) is 6.17. The molecule has 1 heterocycles. The molecule has 116 valence electrons. The minimum Gasteiger partial charge on any atom is -0.482 e. The van der Waals surface area contributed by atoms with E-state index in [1.807, 2.05) is 6.07 Å². The molecule has 1 amide bonds. The molecule has 0 aromatic heterocycles. The molecule has 0 saturated heterocycles. The van der Waals surface area contributed by atoms with Crippen molar-refractivity contribution in [3.05, 3.63) is 12.1 Å². The Hall–Kier alpha value is -1.95.